The molecular weight excluding hydrogens is 320 g/mol. The molecule has 0 unspecified atom stereocenters. The maximum Gasteiger partial charge on any atom is 0.339 e. The fourth-order valence-corrected chi connectivity index (χ4v) is 2.86. The molecule has 0 amide bonds. The lowest BCUT2D eigenvalue weighted by atomic mass is 10.2. The van der Waals surface area contributed by atoms with Crippen LogP contribution in [0.1, 0.15) is 5.56 Å². The summed E-state index contributed by atoms with van der Waals surface area (Å²) in [5, 5.41) is 10.6. The summed E-state index contributed by atoms with van der Waals surface area (Å²) < 4.78 is 54.7. The topological polar surface area (TPSA) is 86.5 Å². The lowest BCUT2D eigenvalue weighted by molar-refractivity contribution is -0.385. The SMILES string of the molecule is Cc1cc([N+](=O)[O-])ccc1S(=O)(=O)Oc1ccc(F)c(F)c1. The zero-order valence-corrected chi connectivity index (χ0v) is 11.9. The zero-order valence-electron chi connectivity index (χ0n) is 11.1. The number of hydrogen-bond acceptors (Lipinski definition) is 5. The Morgan fingerprint density at radius 1 is 1.09 bits per heavy atom. The fourth-order valence-electron chi connectivity index (χ4n) is 1.73. The highest BCUT2D eigenvalue weighted by atomic mass is 32.2. The molecule has 9 heteroatoms. The number of non-ortho nitro benzene ring substituents is 1. The first-order chi connectivity index (χ1) is 10.2. The van der Waals surface area contributed by atoms with E-state index in [0.717, 1.165) is 30.3 Å². The van der Waals surface area contributed by atoms with Gasteiger partial charge < -0.3 is 4.18 Å². The molecule has 0 fully saturated rings. The molecule has 22 heavy (non-hydrogen) atoms. The van der Waals surface area contributed by atoms with Gasteiger partial charge in [-0.05, 0) is 30.7 Å². The van der Waals surface area contributed by atoms with Crippen LogP contribution in [0.25, 0.3) is 0 Å². The van der Waals surface area contributed by atoms with E-state index in [1.807, 2.05) is 0 Å². The van der Waals surface area contributed by atoms with E-state index in [4.69, 9.17) is 4.18 Å². The van der Waals surface area contributed by atoms with Crippen molar-refractivity contribution < 1.29 is 26.3 Å². The highest BCUT2D eigenvalue weighted by Crippen LogP contribution is 2.25. The van der Waals surface area contributed by atoms with Gasteiger partial charge in [-0.2, -0.15) is 8.42 Å². The average molecular weight is 329 g/mol. The fraction of sp³-hybridized carbons (Fsp3) is 0.0769. The summed E-state index contributed by atoms with van der Waals surface area (Å²) in [5.41, 5.74) is -0.180. The smallest absolute Gasteiger partial charge is 0.339 e. The number of halogens is 2. The van der Waals surface area contributed by atoms with E-state index in [-0.39, 0.29) is 16.1 Å². The van der Waals surface area contributed by atoms with Crippen molar-refractivity contribution in [3.05, 3.63) is 63.7 Å². The minimum Gasteiger partial charge on any atom is -0.379 e. The number of nitro groups is 1. The Morgan fingerprint density at radius 2 is 1.77 bits per heavy atom. The third kappa shape index (κ3) is 3.19. The summed E-state index contributed by atoms with van der Waals surface area (Å²) in [5.74, 6) is -2.80. The molecule has 2 aromatic carbocycles. The molecule has 0 aliphatic heterocycles. The molecule has 0 aliphatic rings. The maximum absolute atomic E-state index is 13.1. The van der Waals surface area contributed by atoms with Gasteiger partial charge in [-0.1, -0.05) is 0 Å². The van der Waals surface area contributed by atoms with Gasteiger partial charge >= 0.3 is 10.1 Å². The van der Waals surface area contributed by atoms with Gasteiger partial charge in [0.05, 0.1) is 4.92 Å². The number of hydrogen-bond donors (Lipinski definition) is 0. The quantitative estimate of drug-likeness (QED) is 0.489. The molecule has 0 saturated carbocycles. The van der Waals surface area contributed by atoms with Crippen molar-refractivity contribution in [2.75, 3.05) is 0 Å². The highest BCUT2D eigenvalue weighted by molar-refractivity contribution is 7.87. The Kier molecular flexibility index (Phi) is 4.09. The van der Waals surface area contributed by atoms with Crippen LogP contribution in [0.2, 0.25) is 0 Å². The predicted molar refractivity (Wildman–Crippen MR) is 72.0 cm³/mol. The maximum atomic E-state index is 13.1. The van der Waals surface area contributed by atoms with Crippen LogP contribution in [0, 0.1) is 28.7 Å². The Hall–Kier alpha value is -2.55. The van der Waals surface area contributed by atoms with Crippen LogP contribution >= 0.6 is 0 Å². The third-order valence-corrected chi connectivity index (χ3v) is 4.14. The van der Waals surface area contributed by atoms with Crippen LogP contribution in [-0.2, 0) is 10.1 Å². The third-order valence-electron chi connectivity index (χ3n) is 2.74. The second-order valence-electron chi connectivity index (χ2n) is 4.32. The number of aryl methyl sites for hydroxylation is 1. The van der Waals surface area contributed by atoms with Crippen molar-refractivity contribution in [2.24, 2.45) is 0 Å². The van der Waals surface area contributed by atoms with Gasteiger partial charge in [0, 0.05) is 18.2 Å². The van der Waals surface area contributed by atoms with Crippen LogP contribution in [0.5, 0.6) is 5.75 Å². The summed E-state index contributed by atoms with van der Waals surface area (Å²) in [7, 11) is -4.33. The molecule has 0 aromatic heterocycles. The Labute approximate surface area is 124 Å². The number of benzene rings is 2. The van der Waals surface area contributed by atoms with E-state index < -0.39 is 32.4 Å². The zero-order chi connectivity index (χ0) is 16.5. The normalized spacial score (nSPS) is 11.2. The number of nitro benzene ring substituents is 1. The molecular formula is C13H9F2NO5S. The Balaban J connectivity index is 2.38. The van der Waals surface area contributed by atoms with Crippen LogP contribution in [0.3, 0.4) is 0 Å². The molecule has 0 aliphatic carbocycles. The lowest BCUT2D eigenvalue weighted by Gasteiger charge is -2.09. The van der Waals surface area contributed by atoms with E-state index >= 15 is 0 Å². The van der Waals surface area contributed by atoms with E-state index in [1.165, 1.54) is 6.92 Å². The van der Waals surface area contributed by atoms with Crippen molar-refractivity contribution in [3.63, 3.8) is 0 Å². The second-order valence-corrected chi connectivity index (χ2v) is 5.84. The van der Waals surface area contributed by atoms with Gasteiger partial charge in [0.1, 0.15) is 10.6 Å². The Morgan fingerprint density at radius 3 is 2.32 bits per heavy atom. The van der Waals surface area contributed by atoms with E-state index in [1.54, 1.807) is 0 Å². The molecule has 0 N–H and O–H groups in total. The van der Waals surface area contributed by atoms with Crippen molar-refractivity contribution in [3.8, 4) is 5.75 Å². The first-order valence-electron chi connectivity index (χ1n) is 5.85. The minimum absolute atomic E-state index is 0.0942. The summed E-state index contributed by atoms with van der Waals surface area (Å²) >= 11 is 0. The molecule has 0 radical (unpaired) electrons. The second kappa shape index (κ2) is 5.68. The molecule has 0 bridgehead atoms. The molecule has 6 nitrogen and oxygen atoms in total. The molecule has 0 atom stereocenters. The average Bonchev–Trinajstić information content (AvgIpc) is 2.42. The summed E-state index contributed by atoms with van der Waals surface area (Å²) in [4.78, 5) is 9.65. The predicted octanol–water partition coefficient (Wildman–Crippen LogP) is 2.95. The standard InChI is InChI=1S/C13H9F2NO5S/c1-8-6-9(16(17)18)2-5-13(8)22(19,20)21-10-3-4-11(14)12(15)7-10/h2-7H,1H3. The van der Waals surface area contributed by atoms with Gasteiger partial charge in [-0.25, -0.2) is 8.78 Å². The van der Waals surface area contributed by atoms with Crippen LogP contribution in [0.4, 0.5) is 14.5 Å². The highest BCUT2D eigenvalue weighted by Gasteiger charge is 2.22. The molecule has 0 heterocycles. The first kappa shape index (κ1) is 15.8. The van der Waals surface area contributed by atoms with Crippen molar-refractivity contribution in [1.29, 1.82) is 0 Å². The van der Waals surface area contributed by atoms with Crippen LogP contribution in [0.15, 0.2) is 41.3 Å². The first-order valence-corrected chi connectivity index (χ1v) is 7.26. The monoisotopic (exact) mass is 329 g/mol. The lowest BCUT2D eigenvalue weighted by Crippen LogP contribution is -2.11. The van der Waals surface area contributed by atoms with E-state index in [9.17, 15) is 27.3 Å². The van der Waals surface area contributed by atoms with Crippen molar-refractivity contribution >= 4 is 15.8 Å². The van der Waals surface area contributed by atoms with E-state index in [0.29, 0.717) is 6.07 Å². The largest absolute Gasteiger partial charge is 0.379 e. The van der Waals surface area contributed by atoms with Crippen molar-refractivity contribution in [2.45, 2.75) is 11.8 Å². The van der Waals surface area contributed by atoms with Crippen molar-refractivity contribution in [1.82, 2.24) is 0 Å². The molecule has 116 valence electrons. The summed E-state index contributed by atoms with van der Waals surface area (Å²) in [6.07, 6.45) is 0. The summed E-state index contributed by atoms with van der Waals surface area (Å²) in [6, 6.07) is 5.37. The molecule has 0 saturated heterocycles. The molecule has 2 rings (SSSR count). The van der Waals surface area contributed by atoms with Gasteiger partial charge in [-0.3, -0.25) is 10.1 Å². The molecule has 2 aromatic rings. The van der Waals surface area contributed by atoms with Gasteiger partial charge in [0.15, 0.2) is 11.6 Å². The molecule has 0 spiro atoms. The van der Waals surface area contributed by atoms with Crippen LogP contribution < -0.4 is 4.18 Å². The van der Waals surface area contributed by atoms with Gasteiger partial charge in [0.25, 0.3) is 5.69 Å². The van der Waals surface area contributed by atoms with Crippen LogP contribution in [-0.4, -0.2) is 13.3 Å². The van der Waals surface area contributed by atoms with Gasteiger partial charge in [0.2, 0.25) is 0 Å². The summed E-state index contributed by atoms with van der Waals surface area (Å²) in [6.45, 7) is 1.36. The number of rotatable bonds is 4. The van der Waals surface area contributed by atoms with Gasteiger partial charge in [-0.15, -0.1) is 0 Å². The van der Waals surface area contributed by atoms with E-state index in [2.05, 4.69) is 0 Å². The number of nitrogens with zero attached hydrogens (tertiary/aromatic N) is 1. The Bertz CT molecular complexity index is 852. The minimum atomic E-state index is -4.33.